The van der Waals surface area contributed by atoms with Crippen LogP contribution >= 0.6 is 23.4 Å². The van der Waals surface area contributed by atoms with Gasteiger partial charge in [0.05, 0.1) is 10.6 Å². The highest BCUT2D eigenvalue weighted by atomic mass is 35.5. The number of rotatable bonds is 5. The molecule has 0 saturated carbocycles. The molecule has 2 aromatic rings. The van der Waals surface area contributed by atoms with Gasteiger partial charge in [0, 0.05) is 22.9 Å². The van der Waals surface area contributed by atoms with Gasteiger partial charge < -0.3 is 11.1 Å². The van der Waals surface area contributed by atoms with E-state index in [1.165, 1.54) is 4.90 Å². The number of benzene rings is 2. The fourth-order valence-electron chi connectivity index (χ4n) is 1.72. The summed E-state index contributed by atoms with van der Waals surface area (Å²) < 4.78 is 0. The smallest absolute Gasteiger partial charge is 0.254 e. The monoisotopic (exact) mass is 306 g/mol. The van der Waals surface area contributed by atoms with Crippen LogP contribution in [0, 0.1) is 0 Å². The van der Waals surface area contributed by atoms with Gasteiger partial charge in [0.1, 0.15) is 0 Å². The number of anilines is 1. The Morgan fingerprint density at radius 3 is 2.60 bits per heavy atom. The number of thioether (sulfide) groups is 1. The maximum atomic E-state index is 12.0. The molecular weight excluding hydrogens is 292 g/mol. The summed E-state index contributed by atoms with van der Waals surface area (Å²) in [5.41, 5.74) is 6.51. The number of carbonyl (C=O) groups is 1. The predicted molar refractivity (Wildman–Crippen MR) is 85.4 cm³/mol. The first-order chi connectivity index (χ1) is 9.68. The van der Waals surface area contributed by atoms with Crippen LogP contribution in [0.1, 0.15) is 10.4 Å². The normalized spacial score (nSPS) is 10.2. The van der Waals surface area contributed by atoms with Crippen molar-refractivity contribution in [2.45, 2.75) is 4.90 Å². The fraction of sp³-hybridized carbons (Fsp3) is 0.133. The SMILES string of the molecule is Nc1cccc(Cl)c1C(=O)NCCSc1ccccc1. The third kappa shape index (κ3) is 3.92. The molecule has 2 aromatic carbocycles. The third-order valence-electron chi connectivity index (χ3n) is 2.67. The molecule has 3 N–H and O–H groups in total. The van der Waals surface area contributed by atoms with E-state index in [-0.39, 0.29) is 5.91 Å². The molecule has 20 heavy (non-hydrogen) atoms. The molecular formula is C15H15ClN2OS. The van der Waals surface area contributed by atoms with Crippen LogP contribution < -0.4 is 11.1 Å². The molecule has 0 aliphatic rings. The maximum Gasteiger partial charge on any atom is 0.254 e. The molecule has 0 radical (unpaired) electrons. The summed E-state index contributed by atoms with van der Waals surface area (Å²) >= 11 is 7.67. The van der Waals surface area contributed by atoms with Gasteiger partial charge in [-0.05, 0) is 24.3 Å². The van der Waals surface area contributed by atoms with Crippen LogP contribution in [0.5, 0.6) is 0 Å². The van der Waals surface area contributed by atoms with Crippen molar-refractivity contribution < 1.29 is 4.79 Å². The Labute approximate surface area is 127 Å². The number of nitrogens with one attached hydrogen (secondary N) is 1. The Morgan fingerprint density at radius 2 is 1.90 bits per heavy atom. The zero-order valence-electron chi connectivity index (χ0n) is 10.8. The van der Waals surface area contributed by atoms with Crippen molar-refractivity contribution in [3.05, 3.63) is 59.1 Å². The lowest BCUT2D eigenvalue weighted by Crippen LogP contribution is -2.26. The number of halogens is 1. The van der Waals surface area contributed by atoms with Crippen LogP contribution in [0.25, 0.3) is 0 Å². The summed E-state index contributed by atoms with van der Waals surface area (Å²) in [5, 5.41) is 3.20. The lowest BCUT2D eigenvalue weighted by molar-refractivity contribution is 0.0957. The van der Waals surface area contributed by atoms with Crippen molar-refractivity contribution in [3.8, 4) is 0 Å². The van der Waals surface area contributed by atoms with Gasteiger partial charge in [0.15, 0.2) is 0 Å². The van der Waals surface area contributed by atoms with E-state index in [2.05, 4.69) is 5.32 Å². The van der Waals surface area contributed by atoms with E-state index in [1.807, 2.05) is 30.3 Å². The van der Waals surface area contributed by atoms with Gasteiger partial charge in [-0.1, -0.05) is 35.9 Å². The number of nitrogen functional groups attached to an aromatic ring is 1. The second-order valence-corrected chi connectivity index (χ2v) is 5.70. The van der Waals surface area contributed by atoms with Crippen LogP contribution in [-0.2, 0) is 0 Å². The van der Waals surface area contributed by atoms with Crippen LogP contribution in [0.15, 0.2) is 53.4 Å². The van der Waals surface area contributed by atoms with Gasteiger partial charge in [-0.25, -0.2) is 0 Å². The van der Waals surface area contributed by atoms with E-state index in [4.69, 9.17) is 17.3 Å². The van der Waals surface area contributed by atoms with Crippen LogP contribution in [0.3, 0.4) is 0 Å². The summed E-state index contributed by atoms with van der Waals surface area (Å²) in [5.74, 6) is 0.557. The molecule has 0 aliphatic carbocycles. The predicted octanol–water partition coefficient (Wildman–Crippen LogP) is 3.44. The standard InChI is InChI=1S/C15H15ClN2OS/c16-12-7-4-8-13(17)14(12)15(19)18-9-10-20-11-5-2-1-3-6-11/h1-8H,9-10,17H2,(H,18,19). The highest BCUT2D eigenvalue weighted by Crippen LogP contribution is 2.21. The highest BCUT2D eigenvalue weighted by Gasteiger charge is 2.12. The van der Waals surface area contributed by atoms with Gasteiger partial charge in [-0.3, -0.25) is 4.79 Å². The molecule has 0 unspecified atom stereocenters. The Hall–Kier alpha value is -1.65. The first-order valence-electron chi connectivity index (χ1n) is 6.18. The van der Waals surface area contributed by atoms with E-state index >= 15 is 0 Å². The van der Waals surface area contributed by atoms with E-state index in [0.717, 1.165) is 5.75 Å². The van der Waals surface area contributed by atoms with Crippen LogP contribution in [0.2, 0.25) is 5.02 Å². The number of carbonyl (C=O) groups excluding carboxylic acids is 1. The fourth-order valence-corrected chi connectivity index (χ4v) is 2.78. The first kappa shape index (κ1) is 14.8. The van der Waals surface area contributed by atoms with Gasteiger partial charge in [-0.2, -0.15) is 0 Å². The molecule has 3 nitrogen and oxygen atoms in total. The van der Waals surface area contributed by atoms with E-state index in [9.17, 15) is 4.79 Å². The van der Waals surface area contributed by atoms with Crippen molar-refractivity contribution >= 4 is 35.0 Å². The minimum Gasteiger partial charge on any atom is -0.398 e. The van der Waals surface area contributed by atoms with Crippen molar-refractivity contribution in [1.82, 2.24) is 5.32 Å². The second kappa shape index (κ2) is 7.22. The van der Waals surface area contributed by atoms with Crippen LogP contribution in [-0.4, -0.2) is 18.2 Å². The Balaban J connectivity index is 1.84. The Bertz CT molecular complexity index is 569. The van der Waals surface area contributed by atoms with Crippen molar-refractivity contribution in [2.75, 3.05) is 18.0 Å². The Morgan fingerprint density at radius 1 is 1.15 bits per heavy atom. The second-order valence-electron chi connectivity index (χ2n) is 4.12. The van der Waals surface area contributed by atoms with Crippen molar-refractivity contribution in [1.29, 1.82) is 0 Å². The average molecular weight is 307 g/mol. The molecule has 0 fully saturated rings. The summed E-state index contributed by atoms with van der Waals surface area (Å²) in [6, 6.07) is 15.1. The topological polar surface area (TPSA) is 55.1 Å². The lowest BCUT2D eigenvalue weighted by Gasteiger charge is -2.09. The molecule has 0 atom stereocenters. The minimum absolute atomic E-state index is 0.234. The molecule has 2 rings (SSSR count). The number of hydrogen-bond acceptors (Lipinski definition) is 3. The van der Waals surface area contributed by atoms with Gasteiger partial charge >= 0.3 is 0 Å². The number of amides is 1. The molecule has 0 spiro atoms. The van der Waals surface area contributed by atoms with Gasteiger partial charge in [0.2, 0.25) is 0 Å². The van der Waals surface area contributed by atoms with Crippen LogP contribution in [0.4, 0.5) is 5.69 Å². The van der Waals surface area contributed by atoms with Crippen molar-refractivity contribution in [3.63, 3.8) is 0 Å². The van der Waals surface area contributed by atoms with Gasteiger partial charge in [0.25, 0.3) is 5.91 Å². The zero-order valence-corrected chi connectivity index (χ0v) is 12.4. The average Bonchev–Trinajstić information content (AvgIpc) is 2.44. The molecule has 0 heterocycles. The molecule has 104 valence electrons. The summed E-state index contributed by atoms with van der Waals surface area (Å²) in [6.07, 6.45) is 0. The summed E-state index contributed by atoms with van der Waals surface area (Å²) in [6.45, 7) is 0.559. The maximum absolute atomic E-state index is 12.0. The first-order valence-corrected chi connectivity index (χ1v) is 7.55. The lowest BCUT2D eigenvalue weighted by atomic mass is 10.1. The van der Waals surface area contributed by atoms with Gasteiger partial charge in [-0.15, -0.1) is 11.8 Å². The number of hydrogen-bond donors (Lipinski definition) is 2. The molecule has 0 saturated heterocycles. The summed E-state index contributed by atoms with van der Waals surface area (Å²) in [4.78, 5) is 13.2. The molecule has 5 heteroatoms. The summed E-state index contributed by atoms with van der Waals surface area (Å²) in [7, 11) is 0. The molecule has 0 bridgehead atoms. The molecule has 0 aliphatic heterocycles. The largest absolute Gasteiger partial charge is 0.398 e. The third-order valence-corrected chi connectivity index (χ3v) is 4.00. The highest BCUT2D eigenvalue weighted by molar-refractivity contribution is 7.99. The Kier molecular flexibility index (Phi) is 5.32. The quantitative estimate of drug-likeness (QED) is 0.505. The molecule has 1 amide bonds. The van der Waals surface area contributed by atoms with E-state index in [1.54, 1.807) is 30.0 Å². The van der Waals surface area contributed by atoms with Crippen molar-refractivity contribution in [2.24, 2.45) is 0 Å². The zero-order chi connectivity index (χ0) is 14.4. The number of nitrogens with two attached hydrogens (primary N) is 1. The minimum atomic E-state index is -0.234. The molecule has 0 aromatic heterocycles. The van der Waals surface area contributed by atoms with E-state index < -0.39 is 0 Å². The van der Waals surface area contributed by atoms with E-state index in [0.29, 0.717) is 22.8 Å².